The summed E-state index contributed by atoms with van der Waals surface area (Å²) < 4.78 is 5.32. The van der Waals surface area contributed by atoms with Gasteiger partial charge in [-0.3, -0.25) is 0 Å². The molecule has 20 heavy (non-hydrogen) atoms. The Balaban J connectivity index is 1.70. The van der Waals surface area contributed by atoms with Crippen LogP contribution in [0.1, 0.15) is 55.7 Å². The first-order chi connectivity index (χ1) is 9.78. The molecule has 0 saturated heterocycles. The Morgan fingerprint density at radius 2 is 1.95 bits per heavy atom. The van der Waals surface area contributed by atoms with Gasteiger partial charge in [-0.2, -0.15) is 11.8 Å². The molecule has 1 aromatic rings. The predicted molar refractivity (Wildman–Crippen MR) is 86.5 cm³/mol. The van der Waals surface area contributed by atoms with E-state index in [1.807, 2.05) is 6.07 Å². The highest BCUT2D eigenvalue weighted by atomic mass is 32.2. The summed E-state index contributed by atoms with van der Waals surface area (Å²) in [5.41, 5.74) is 9.26. The van der Waals surface area contributed by atoms with E-state index >= 15 is 0 Å². The van der Waals surface area contributed by atoms with Crippen LogP contribution in [0.5, 0.6) is 5.75 Å². The van der Waals surface area contributed by atoms with Crippen molar-refractivity contribution in [2.75, 3.05) is 7.11 Å². The van der Waals surface area contributed by atoms with Crippen LogP contribution in [0.25, 0.3) is 0 Å². The zero-order valence-electron chi connectivity index (χ0n) is 12.3. The summed E-state index contributed by atoms with van der Waals surface area (Å²) in [5.74, 6) is 0.953. The lowest BCUT2D eigenvalue weighted by atomic mass is 9.87. The Morgan fingerprint density at radius 3 is 2.70 bits per heavy atom. The molecule has 1 aromatic carbocycles. The van der Waals surface area contributed by atoms with Gasteiger partial charge in [0.25, 0.3) is 0 Å². The van der Waals surface area contributed by atoms with E-state index in [-0.39, 0.29) is 6.04 Å². The van der Waals surface area contributed by atoms with Gasteiger partial charge < -0.3 is 10.5 Å². The van der Waals surface area contributed by atoms with Crippen molar-refractivity contribution in [2.45, 2.75) is 61.5 Å². The summed E-state index contributed by atoms with van der Waals surface area (Å²) in [6.45, 7) is 0. The van der Waals surface area contributed by atoms with Gasteiger partial charge in [-0.15, -0.1) is 0 Å². The van der Waals surface area contributed by atoms with E-state index < -0.39 is 0 Å². The minimum absolute atomic E-state index is 0.191. The third-order valence-corrected chi connectivity index (χ3v) is 6.46. The monoisotopic (exact) mass is 291 g/mol. The van der Waals surface area contributed by atoms with E-state index in [1.54, 1.807) is 7.11 Å². The quantitative estimate of drug-likeness (QED) is 0.911. The van der Waals surface area contributed by atoms with Crippen molar-refractivity contribution in [1.29, 1.82) is 0 Å². The second-order valence-corrected chi connectivity index (χ2v) is 7.61. The first-order valence-corrected chi connectivity index (χ1v) is 8.80. The minimum Gasteiger partial charge on any atom is -0.497 e. The summed E-state index contributed by atoms with van der Waals surface area (Å²) in [5, 5.41) is 1.44. The molecule has 2 aliphatic carbocycles. The number of fused-ring (bicyclic) bond motifs is 1. The smallest absolute Gasteiger partial charge is 0.119 e. The second-order valence-electron chi connectivity index (χ2n) is 6.06. The Hall–Kier alpha value is -0.670. The van der Waals surface area contributed by atoms with Crippen molar-refractivity contribution in [2.24, 2.45) is 5.73 Å². The molecule has 1 fully saturated rings. The number of aryl methyl sites for hydroxylation is 1. The van der Waals surface area contributed by atoms with Crippen LogP contribution in [0.4, 0.5) is 0 Å². The van der Waals surface area contributed by atoms with Crippen molar-refractivity contribution in [1.82, 2.24) is 0 Å². The van der Waals surface area contributed by atoms with E-state index in [0.29, 0.717) is 5.25 Å². The second kappa shape index (κ2) is 6.40. The fraction of sp³-hybridized carbons (Fsp3) is 0.647. The molecule has 110 valence electrons. The molecular formula is C17H25NOS. The zero-order chi connectivity index (χ0) is 13.9. The lowest BCUT2D eigenvalue weighted by molar-refractivity contribution is 0.413. The van der Waals surface area contributed by atoms with Gasteiger partial charge in [0.15, 0.2) is 0 Å². The fourth-order valence-corrected chi connectivity index (χ4v) is 5.20. The molecular weight excluding hydrogens is 266 g/mol. The van der Waals surface area contributed by atoms with Crippen LogP contribution in [0.2, 0.25) is 0 Å². The van der Waals surface area contributed by atoms with Crippen molar-refractivity contribution < 1.29 is 4.74 Å². The van der Waals surface area contributed by atoms with Crippen molar-refractivity contribution >= 4 is 11.8 Å². The average molecular weight is 291 g/mol. The van der Waals surface area contributed by atoms with Gasteiger partial charge in [-0.1, -0.05) is 25.3 Å². The molecule has 2 nitrogen and oxygen atoms in total. The number of methoxy groups -OCH3 is 1. The molecule has 1 saturated carbocycles. The van der Waals surface area contributed by atoms with Crippen molar-refractivity contribution in [3.05, 3.63) is 29.3 Å². The highest BCUT2D eigenvalue weighted by Gasteiger charge is 2.30. The van der Waals surface area contributed by atoms with Crippen LogP contribution >= 0.6 is 11.8 Å². The summed E-state index contributed by atoms with van der Waals surface area (Å²) in [6.07, 6.45) is 9.39. The zero-order valence-corrected chi connectivity index (χ0v) is 13.1. The maximum Gasteiger partial charge on any atom is 0.119 e. The van der Waals surface area contributed by atoms with Crippen LogP contribution in [0, 0.1) is 0 Å². The van der Waals surface area contributed by atoms with E-state index in [9.17, 15) is 0 Å². The molecule has 3 rings (SSSR count). The molecule has 2 aliphatic rings. The number of thioether (sulfide) groups is 1. The number of rotatable bonds is 3. The first-order valence-electron chi connectivity index (χ1n) is 7.86. The molecule has 2 atom stereocenters. The Bertz CT molecular complexity index is 456. The van der Waals surface area contributed by atoms with E-state index in [2.05, 4.69) is 23.9 Å². The van der Waals surface area contributed by atoms with Gasteiger partial charge in [0.2, 0.25) is 0 Å². The maximum atomic E-state index is 6.54. The molecule has 3 heteroatoms. The summed E-state index contributed by atoms with van der Waals surface area (Å²) in [4.78, 5) is 0. The Kier molecular flexibility index (Phi) is 4.57. The minimum atomic E-state index is 0.191. The number of benzene rings is 1. The molecule has 0 amide bonds. The van der Waals surface area contributed by atoms with Crippen LogP contribution in [-0.4, -0.2) is 17.6 Å². The van der Waals surface area contributed by atoms with Gasteiger partial charge in [-0.05, 0) is 48.9 Å². The SMILES string of the molecule is COc1ccc2c(c1)CCC(SC1CCCCC1)C2N. The van der Waals surface area contributed by atoms with Gasteiger partial charge in [0.05, 0.1) is 7.11 Å². The van der Waals surface area contributed by atoms with Gasteiger partial charge in [0, 0.05) is 16.5 Å². The van der Waals surface area contributed by atoms with Crippen LogP contribution in [0.3, 0.4) is 0 Å². The largest absolute Gasteiger partial charge is 0.497 e. The lowest BCUT2D eigenvalue weighted by Crippen LogP contribution is -2.31. The topological polar surface area (TPSA) is 35.2 Å². The summed E-state index contributed by atoms with van der Waals surface area (Å²) >= 11 is 2.17. The third kappa shape index (κ3) is 2.99. The standard InChI is InChI=1S/C17H25NOS/c1-19-13-8-9-15-12(11-13)7-10-16(17(15)18)20-14-5-3-2-4-6-14/h8-9,11,14,16-17H,2-7,10,18H2,1H3. The Labute approximate surface area is 126 Å². The Morgan fingerprint density at radius 1 is 1.15 bits per heavy atom. The molecule has 0 heterocycles. The third-order valence-electron chi connectivity index (χ3n) is 4.73. The molecule has 0 radical (unpaired) electrons. The highest BCUT2D eigenvalue weighted by Crippen LogP contribution is 2.41. The number of ether oxygens (including phenoxy) is 1. The van der Waals surface area contributed by atoms with Gasteiger partial charge >= 0.3 is 0 Å². The van der Waals surface area contributed by atoms with Crippen molar-refractivity contribution in [3.8, 4) is 5.75 Å². The van der Waals surface area contributed by atoms with E-state index in [0.717, 1.165) is 17.4 Å². The van der Waals surface area contributed by atoms with E-state index in [1.165, 1.54) is 49.7 Å². The lowest BCUT2D eigenvalue weighted by Gasteiger charge is -2.34. The predicted octanol–water partition coefficient (Wildman–Crippen LogP) is 4.08. The average Bonchev–Trinajstić information content (AvgIpc) is 2.51. The first kappa shape index (κ1) is 14.3. The summed E-state index contributed by atoms with van der Waals surface area (Å²) in [7, 11) is 1.73. The van der Waals surface area contributed by atoms with E-state index in [4.69, 9.17) is 10.5 Å². The number of hydrogen-bond donors (Lipinski definition) is 1. The van der Waals surface area contributed by atoms with Crippen LogP contribution in [-0.2, 0) is 6.42 Å². The van der Waals surface area contributed by atoms with Crippen LogP contribution in [0.15, 0.2) is 18.2 Å². The van der Waals surface area contributed by atoms with Crippen molar-refractivity contribution in [3.63, 3.8) is 0 Å². The molecule has 0 bridgehead atoms. The molecule has 0 aromatic heterocycles. The number of nitrogens with two attached hydrogens (primary N) is 1. The molecule has 2 unspecified atom stereocenters. The summed E-state index contributed by atoms with van der Waals surface area (Å²) in [6, 6.07) is 6.58. The van der Waals surface area contributed by atoms with Crippen LogP contribution < -0.4 is 10.5 Å². The maximum absolute atomic E-state index is 6.54. The fourth-order valence-electron chi connectivity index (χ4n) is 3.53. The normalized spacial score (nSPS) is 27.1. The number of hydrogen-bond acceptors (Lipinski definition) is 3. The molecule has 0 aliphatic heterocycles. The highest BCUT2D eigenvalue weighted by molar-refractivity contribution is 8.00. The van der Waals surface area contributed by atoms with Gasteiger partial charge in [0.1, 0.15) is 5.75 Å². The van der Waals surface area contributed by atoms with Gasteiger partial charge in [-0.25, -0.2) is 0 Å². The molecule has 0 spiro atoms. The molecule has 2 N–H and O–H groups in total.